The van der Waals surface area contributed by atoms with Crippen molar-refractivity contribution in [1.29, 1.82) is 0 Å². The first-order chi connectivity index (χ1) is 29.7. The molecule has 10 heteroatoms. The Labute approximate surface area is 405 Å². The molecule has 1 aliphatic heterocycles. The zero-order chi connectivity index (χ0) is 49.1. The van der Waals surface area contributed by atoms with Gasteiger partial charge in [0.15, 0.2) is 0 Å². The van der Waals surface area contributed by atoms with Crippen LogP contribution < -0.4 is 0 Å². The number of ether oxygens (including phenoxy) is 7. The van der Waals surface area contributed by atoms with Crippen LogP contribution in [0.2, 0.25) is 0 Å². The molecule has 0 aromatic heterocycles. The van der Waals surface area contributed by atoms with Crippen molar-refractivity contribution in [2.24, 2.45) is 0 Å². The normalized spacial score (nSPS) is 9.69. The first-order valence-corrected chi connectivity index (χ1v) is 21.8. The van der Waals surface area contributed by atoms with Gasteiger partial charge in [-0.25, -0.2) is 0 Å². The fraction of sp³-hybridized carbons (Fsp3) is 0.556. The molecule has 4 aromatic carbocycles. The summed E-state index contributed by atoms with van der Waals surface area (Å²) in [6.07, 6.45) is 0.940. The van der Waals surface area contributed by atoms with Gasteiger partial charge in [-0.05, 0) is 34.1 Å². The van der Waals surface area contributed by atoms with E-state index in [1.807, 2.05) is 185 Å². The molecule has 5 rings (SSSR count). The third-order valence-electron chi connectivity index (χ3n) is 5.11. The Kier molecular flexibility index (Phi) is 154. The molecule has 1 heterocycles. The maximum atomic E-state index is 8.86. The number of hydrogen-bond acceptors (Lipinski definition) is 8. The largest absolute Gasteiger partial charge is 0.391 e. The monoisotopic (exact) mass is 905 g/mol. The van der Waals surface area contributed by atoms with Crippen molar-refractivity contribution < 1.29 is 39.7 Å². The predicted molar refractivity (Wildman–Crippen MR) is 292 cm³/mol. The van der Waals surface area contributed by atoms with Crippen LogP contribution in [0.15, 0.2) is 133 Å². The molecule has 8 nitrogen and oxygen atoms in total. The molecule has 0 amide bonds. The quantitative estimate of drug-likeness (QED) is 0.145. The zero-order valence-corrected chi connectivity index (χ0v) is 44.6. The van der Waals surface area contributed by atoms with Crippen molar-refractivity contribution in [3.63, 3.8) is 0 Å². The van der Waals surface area contributed by atoms with Crippen molar-refractivity contribution >= 4 is 16.8 Å². The van der Waals surface area contributed by atoms with E-state index < -0.39 is 0 Å². The second-order valence-electron chi connectivity index (χ2n) is 10.6. The van der Waals surface area contributed by atoms with Crippen molar-refractivity contribution in [2.45, 2.75) is 116 Å². The van der Waals surface area contributed by atoms with E-state index >= 15 is 0 Å². The minimum atomic E-state index is -0.269. The molecular formula is C54H106B2O8. The molecule has 1 saturated heterocycles. The molecule has 376 valence electrons. The highest BCUT2D eigenvalue weighted by molar-refractivity contribution is 5.76. The molecule has 0 saturated carbocycles. The third kappa shape index (κ3) is 138. The van der Waals surface area contributed by atoms with E-state index in [4.69, 9.17) is 19.3 Å². The molecule has 6 radical (unpaired) electrons. The zero-order valence-electron chi connectivity index (χ0n) is 44.6. The highest BCUT2D eigenvalue weighted by Gasteiger charge is 2.21. The number of benzene rings is 4. The van der Waals surface area contributed by atoms with E-state index in [0.29, 0.717) is 19.3 Å². The molecule has 1 aliphatic rings. The highest BCUT2D eigenvalue weighted by Crippen LogP contribution is 2.07. The molecule has 1 N–H and O–H groups in total. The second-order valence-corrected chi connectivity index (χ2v) is 10.6. The summed E-state index contributed by atoms with van der Waals surface area (Å²) in [5.41, 5.74) is 2.64. The van der Waals surface area contributed by atoms with Gasteiger partial charge in [0.05, 0.1) is 25.9 Å². The number of hydrogen-bond donors (Lipinski definition) is 1. The fourth-order valence-electron chi connectivity index (χ4n) is 2.62. The number of aliphatic hydroxyl groups is 1. The van der Waals surface area contributed by atoms with Crippen molar-refractivity contribution in [1.82, 2.24) is 0 Å². The topological polar surface area (TPSA) is 88.1 Å². The van der Waals surface area contributed by atoms with Crippen molar-refractivity contribution in [3.8, 4) is 0 Å². The lowest BCUT2D eigenvalue weighted by Crippen LogP contribution is -2.13. The number of epoxide rings is 1. The Bertz CT molecular complexity index is 947. The molecule has 2 unspecified atom stereocenters. The number of aliphatic hydroxyl groups excluding tert-OH is 1. The SMILES string of the molecule is C.CC.CC.CC.CC.CCOCC(O)CC.CCOCC1CO1.COC.COC.COC.COC.Cc1ccccc1.Cc1ccccc1.[B].[B].[HH].c1ccccc1.c1ccccc1. The Morgan fingerprint density at radius 3 is 0.828 bits per heavy atom. The van der Waals surface area contributed by atoms with Gasteiger partial charge in [0.25, 0.3) is 0 Å². The van der Waals surface area contributed by atoms with Crippen LogP contribution in [0.25, 0.3) is 0 Å². The first-order valence-electron chi connectivity index (χ1n) is 21.8. The van der Waals surface area contributed by atoms with E-state index in [1.165, 1.54) is 11.1 Å². The number of aryl methyl sites for hydroxylation is 2. The van der Waals surface area contributed by atoms with Crippen LogP contribution in [0, 0.1) is 13.8 Å². The molecule has 0 aliphatic carbocycles. The Morgan fingerprint density at radius 1 is 0.484 bits per heavy atom. The maximum absolute atomic E-state index is 8.86. The van der Waals surface area contributed by atoms with Crippen molar-refractivity contribution in [3.05, 3.63) is 145 Å². The van der Waals surface area contributed by atoms with Gasteiger partial charge in [0.2, 0.25) is 0 Å². The maximum Gasteiger partial charge on any atom is 0.104 e. The van der Waals surface area contributed by atoms with Crippen LogP contribution in [0.1, 0.15) is 103 Å². The minimum absolute atomic E-state index is 0. The highest BCUT2D eigenvalue weighted by atomic mass is 16.6. The average molecular weight is 905 g/mol. The van der Waals surface area contributed by atoms with Gasteiger partial charge < -0.3 is 38.3 Å². The summed E-state index contributed by atoms with van der Waals surface area (Å²) >= 11 is 0. The molecule has 64 heavy (non-hydrogen) atoms. The van der Waals surface area contributed by atoms with Gasteiger partial charge >= 0.3 is 0 Å². The van der Waals surface area contributed by atoms with E-state index in [0.717, 1.165) is 26.2 Å². The summed E-state index contributed by atoms with van der Waals surface area (Å²) < 4.78 is 31.9. The number of methoxy groups -OCH3 is 4. The van der Waals surface area contributed by atoms with Crippen LogP contribution in [-0.2, 0) is 33.2 Å². The van der Waals surface area contributed by atoms with Gasteiger partial charge in [0.1, 0.15) is 6.10 Å². The summed E-state index contributed by atoms with van der Waals surface area (Å²) in [7, 11) is 13.0. The van der Waals surface area contributed by atoms with Crippen LogP contribution in [0.5, 0.6) is 0 Å². The van der Waals surface area contributed by atoms with Gasteiger partial charge in [-0.15, -0.1) is 0 Å². The molecule has 1 fully saturated rings. The third-order valence-corrected chi connectivity index (χ3v) is 5.11. The molecular weight excluding hydrogens is 798 g/mol. The van der Waals surface area contributed by atoms with Crippen LogP contribution >= 0.6 is 0 Å². The predicted octanol–water partition coefficient (Wildman–Crippen LogP) is 13.9. The van der Waals surface area contributed by atoms with E-state index in [2.05, 4.69) is 57.1 Å². The second kappa shape index (κ2) is 108. The summed E-state index contributed by atoms with van der Waals surface area (Å²) in [5, 5.41) is 8.86. The van der Waals surface area contributed by atoms with Crippen LogP contribution in [0.4, 0.5) is 0 Å². The lowest BCUT2D eigenvalue weighted by molar-refractivity contribution is 0.0408. The Hall–Kier alpha value is -3.31. The Balaban J connectivity index is -0.0000000416. The van der Waals surface area contributed by atoms with Gasteiger partial charge in [-0.2, -0.15) is 0 Å². The fourth-order valence-corrected chi connectivity index (χ4v) is 2.62. The van der Waals surface area contributed by atoms with Gasteiger partial charge in [0, 0.05) is 88.3 Å². The summed E-state index contributed by atoms with van der Waals surface area (Å²) in [6, 6.07) is 44.5. The molecule has 0 spiro atoms. The lowest BCUT2D eigenvalue weighted by Gasteiger charge is -2.05. The van der Waals surface area contributed by atoms with Crippen LogP contribution in [-0.4, -0.2) is 124 Å². The van der Waals surface area contributed by atoms with Crippen LogP contribution in [0.3, 0.4) is 0 Å². The standard InChI is InChI=1S/2C7H8.C6H14O2.2C6H6.C5H10O2.4C2H6O.4C2H6.CH4.2B.H2/c2*1-7-5-3-2-4-6-7;1-3-6(7)5-8-4-2;2*1-2-4-6-5-3-1;1-2-6-3-5-4-7-5;4*1-3-2;4*1-2;;;;/h2*2-6H,1H3;6-7H,3-5H2,1-2H3;2*1-6H;5H,2-4H2,1H3;4*1-2H3;4*1-2H3;1H4;;;1H. The lowest BCUT2D eigenvalue weighted by atomic mass is 10.2. The first kappa shape index (κ1) is 91.2. The molecule has 0 bridgehead atoms. The van der Waals surface area contributed by atoms with Gasteiger partial charge in [-0.3, -0.25) is 0 Å². The summed E-state index contributed by atoms with van der Waals surface area (Å²) in [5.74, 6) is 0. The minimum Gasteiger partial charge on any atom is -0.391 e. The van der Waals surface area contributed by atoms with Crippen molar-refractivity contribution in [2.75, 3.05) is 89.9 Å². The average Bonchev–Trinajstić information content (AvgIpc) is 4.16. The smallest absolute Gasteiger partial charge is 0.104 e. The Morgan fingerprint density at radius 2 is 0.688 bits per heavy atom. The summed E-state index contributed by atoms with van der Waals surface area (Å²) in [4.78, 5) is 0. The van der Waals surface area contributed by atoms with E-state index in [1.54, 1.807) is 56.9 Å². The summed E-state index contributed by atoms with van der Waals surface area (Å²) in [6.45, 7) is 29.7. The van der Waals surface area contributed by atoms with E-state index in [9.17, 15) is 0 Å². The number of rotatable bonds is 7. The van der Waals surface area contributed by atoms with E-state index in [-0.39, 0.29) is 31.8 Å². The van der Waals surface area contributed by atoms with Gasteiger partial charge in [-0.1, -0.05) is 214 Å². The molecule has 2 atom stereocenters. The molecule has 4 aromatic rings.